The second-order valence-electron chi connectivity index (χ2n) is 6.29. The third kappa shape index (κ3) is 2.85. The summed E-state index contributed by atoms with van der Waals surface area (Å²) in [7, 11) is 0. The molecule has 0 atom stereocenters. The number of carbonyl (C=O) groups is 1. The van der Waals surface area contributed by atoms with E-state index in [-0.39, 0.29) is 17.9 Å². The van der Waals surface area contributed by atoms with Crippen molar-refractivity contribution in [2.75, 3.05) is 18.0 Å². The summed E-state index contributed by atoms with van der Waals surface area (Å²) in [6.45, 7) is 6.81. The lowest BCUT2D eigenvalue weighted by Crippen LogP contribution is -2.53. The summed E-state index contributed by atoms with van der Waals surface area (Å²) in [4.78, 5) is 18.3. The van der Waals surface area contributed by atoms with E-state index in [0.29, 0.717) is 13.1 Å². The first-order valence-corrected chi connectivity index (χ1v) is 7.67. The van der Waals surface area contributed by atoms with E-state index in [1.54, 1.807) is 6.07 Å². The predicted molar refractivity (Wildman–Crippen MR) is 81.1 cm³/mol. The summed E-state index contributed by atoms with van der Waals surface area (Å²) in [5.74, 6) is -0.434. The smallest absolute Gasteiger partial charge is 0.311 e. The van der Waals surface area contributed by atoms with Gasteiger partial charge in [0.15, 0.2) is 5.13 Å². The normalized spacial score (nSPS) is 16.1. The molecule has 1 fully saturated rings. The molecule has 1 aromatic heterocycles. The predicted octanol–water partition coefficient (Wildman–Crippen LogP) is 3.21. The van der Waals surface area contributed by atoms with Crippen LogP contribution in [0.5, 0.6) is 0 Å². The average Bonchev–Trinajstić information content (AvgIpc) is 2.73. The first-order chi connectivity index (χ1) is 9.83. The van der Waals surface area contributed by atoms with Gasteiger partial charge in [-0.1, -0.05) is 11.3 Å². The number of aromatic nitrogens is 1. The van der Waals surface area contributed by atoms with Gasteiger partial charge < -0.3 is 9.64 Å². The zero-order valence-corrected chi connectivity index (χ0v) is 13.0. The molecule has 2 heterocycles. The molecule has 1 saturated heterocycles. The van der Waals surface area contributed by atoms with Crippen LogP contribution in [-0.4, -0.2) is 30.1 Å². The zero-order valence-electron chi connectivity index (χ0n) is 12.2. The van der Waals surface area contributed by atoms with Crippen LogP contribution in [0.15, 0.2) is 18.2 Å². The number of anilines is 1. The second kappa shape index (κ2) is 4.94. The molecule has 21 heavy (non-hydrogen) atoms. The van der Waals surface area contributed by atoms with Gasteiger partial charge in [-0.15, -0.1) is 0 Å². The van der Waals surface area contributed by atoms with Crippen LogP contribution in [-0.2, 0) is 9.53 Å². The van der Waals surface area contributed by atoms with Crippen LogP contribution in [0.3, 0.4) is 0 Å². The van der Waals surface area contributed by atoms with Crippen molar-refractivity contribution in [2.24, 2.45) is 5.41 Å². The molecule has 4 nitrogen and oxygen atoms in total. The highest BCUT2D eigenvalue weighted by Crippen LogP contribution is 2.32. The Bertz CT molecular complexity index is 687. The molecular weight excluding hydrogens is 291 g/mol. The average molecular weight is 308 g/mol. The molecule has 0 amide bonds. The molecular formula is C15H17FN2O2S. The highest BCUT2D eigenvalue weighted by atomic mass is 32.1. The standard InChI is InChI=1S/C15H17FN2O2S/c1-15(2,3)13(19)20-10-7-18(8-10)14-17-11-5-4-9(16)6-12(11)21-14/h4-6,10H,7-8H2,1-3H3. The number of fused-ring (bicyclic) bond motifs is 1. The Morgan fingerprint density at radius 2 is 2.14 bits per heavy atom. The fraction of sp³-hybridized carbons (Fsp3) is 0.467. The van der Waals surface area contributed by atoms with Crippen molar-refractivity contribution >= 4 is 32.7 Å². The lowest BCUT2D eigenvalue weighted by atomic mass is 9.97. The Morgan fingerprint density at radius 1 is 1.43 bits per heavy atom. The van der Waals surface area contributed by atoms with Crippen LogP contribution in [0, 0.1) is 11.2 Å². The quantitative estimate of drug-likeness (QED) is 0.799. The number of thiazole rings is 1. The first-order valence-electron chi connectivity index (χ1n) is 6.85. The van der Waals surface area contributed by atoms with E-state index in [1.165, 1.54) is 23.5 Å². The van der Waals surface area contributed by atoms with Crippen molar-refractivity contribution in [3.05, 3.63) is 24.0 Å². The first kappa shape index (κ1) is 14.3. The Balaban J connectivity index is 1.64. The summed E-state index contributed by atoms with van der Waals surface area (Å²) in [5, 5.41) is 0.846. The molecule has 0 unspecified atom stereocenters. The van der Waals surface area contributed by atoms with Crippen LogP contribution in [0.25, 0.3) is 10.2 Å². The summed E-state index contributed by atoms with van der Waals surface area (Å²) < 4.78 is 19.4. The number of carbonyl (C=O) groups excluding carboxylic acids is 1. The molecule has 1 aliphatic heterocycles. The second-order valence-corrected chi connectivity index (χ2v) is 7.30. The van der Waals surface area contributed by atoms with E-state index < -0.39 is 5.41 Å². The maximum absolute atomic E-state index is 13.2. The summed E-state index contributed by atoms with van der Waals surface area (Å²) in [5.41, 5.74) is 0.319. The highest BCUT2D eigenvalue weighted by molar-refractivity contribution is 7.22. The molecule has 1 aromatic carbocycles. The number of hydrogen-bond donors (Lipinski definition) is 0. The van der Waals surface area contributed by atoms with Gasteiger partial charge in [0, 0.05) is 0 Å². The lowest BCUT2D eigenvalue weighted by Gasteiger charge is -2.39. The number of hydrogen-bond acceptors (Lipinski definition) is 5. The van der Waals surface area contributed by atoms with Gasteiger partial charge in [-0.25, -0.2) is 9.37 Å². The van der Waals surface area contributed by atoms with Gasteiger partial charge in [-0.05, 0) is 39.0 Å². The number of halogens is 1. The van der Waals surface area contributed by atoms with Crippen molar-refractivity contribution in [1.29, 1.82) is 0 Å². The van der Waals surface area contributed by atoms with Gasteiger partial charge in [-0.2, -0.15) is 0 Å². The molecule has 0 aliphatic carbocycles. The van der Waals surface area contributed by atoms with Gasteiger partial charge in [0.1, 0.15) is 11.9 Å². The fourth-order valence-electron chi connectivity index (χ4n) is 2.02. The number of esters is 1. The third-order valence-corrected chi connectivity index (χ3v) is 4.42. The van der Waals surface area contributed by atoms with Gasteiger partial charge >= 0.3 is 5.97 Å². The monoisotopic (exact) mass is 308 g/mol. The van der Waals surface area contributed by atoms with Crippen molar-refractivity contribution < 1.29 is 13.9 Å². The number of ether oxygens (including phenoxy) is 1. The summed E-state index contributed by atoms with van der Waals surface area (Å²) >= 11 is 1.46. The number of benzene rings is 1. The molecule has 0 N–H and O–H groups in total. The minimum absolute atomic E-state index is 0.0829. The maximum Gasteiger partial charge on any atom is 0.311 e. The molecule has 0 radical (unpaired) electrons. The molecule has 6 heteroatoms. The van der Waals surface area contributed by atoms with Crippen molar-refractivity contribution in [3.63, 3.8) is 0 Å². The Hall–Kier alpha value is -1.69. The SMILES string of the molecule is CC(C)(C)C(=O)OC1CN(c2nc3ccc(F)cc3s2)C1. The molecule has 3 rings (SSSR count). The van der Waals surface area contributed by atoms with Gasteiger partial charge in [0.25, 0.3) is 0 Å². The molecule has 0 spiro atoms. The zero-order chi connectivity index (χ0) is 15.2. The van der Waals surface area contributed by atoms with Crippen molar-refractivity contribution in [2.45, 2.75) is 26.9 Å². The molecule has 1 aliphatic rings. The number of rotatable bonds is 2. The van der Waals surface area contributed by atoms with Gasteiger partial charge in [-0.3, -0.25) is 4.79 Å². The lowest BCUT2D eigenvalue weighted by molar-refractivity contribution is -0.159. The Labute approximate surface area is 126 Å². The van der Waals surface area contributed by atoms with E-state index in [4.69, 9.17) is 4.74 Å². The summed E-state index contributed by atoms with van der Waals surface area (Å²) in [6, 6.07) is 4.59. The van der Waals surface area contributed by atoms with E-state index in [0.717, 1.165) is 15.3 Å². The fourth-order valence-corrected chi connectivity index (χ4v) is 3.03. The van der Waals surface area contributed by atoms with E-state index in [2.05, 4.69) is 4.98 Å². The Kier molecular flexibility index (Phi) is 3.36. The van der Waals surface area contributed by atoms with Gasteiger partial charge in [0.2, 0.25) is 0 Å². The van der Waals surface area contributed by atoms with E-state index >= 15 is 0 Å². The largest absolute Gasteiger partial charge is 0.458 e. The molecule has 112 valence electrons. The minimum atomic E-state index is -0.478. The third-order valence-electron chi connectivity index (χ3n) is 3.34. The van der Waals surface area contributed by atoms with Gasteiger partial charge in [0.05, 0.1) is 28.7 Å². The van der Waals surface area contributed by atoms with Crippen LogP contribution in [0.2, 0.25) is 0 Å². The van der Waals surface area contributed by atoms with Crippen LogP contribution < -0.4 is 4.90 Å². The molecule has 0 bridgehead atoms. The van der Waals surface area contributed by atoms with Crippen molar-refractivity contribution in [1.82, 2.24) is 4.98 Å². The number of nitrogens with zero attached hydrogens (tertiary/aromatic N) is 2. The van der Waals surface area contributed by atoms with Crippen molar-refractivity contribution in [3.8, 4) is 0 Å². The minimum Gasteiger partial charge on any atom is -0.458 e. The van der Waals surface area contributed by atoms with E-state index in [9.17, 15) is 9.18 Å². The molecule has 0 saturated carbocycles. The molecule has 2 aromatic rings. The summed E-state index contributed by atoms with van der Waals surface area (Å²) in [6.07, 6.45) is -0.0829. The highest BCUT2D eigenvalue weighted by Gasteiger charge is 2.35. The van der Waals surface area contributed by atoms with Crippen LogP contribution >= 0.6 is 11.3 Å². The van der Waals surface area contributed by atoms with Crippen LogP contribution in [0.1, 0.15) is 20.8 Å². The van der Waals surface area contributed by atoms with Crippen LogP contribution in [0.4, 0.5) is 9.52 Å². The Morgan fingerprint density at radius 3 is 2.81 bits per heavy atom. The van der Waals surface area contributed by atoms with E-state index in [1.807, 2.05) is 25.7 Å². The maximum atomic E-state index is 13.2. The topological polar surface area (TPSA) is 42.4 Å².